The Hall–Kier alpha value is -2.08. The zero-order valence-electron chi connectivity index (χ0n) is 11.1. The highest BCUT2D eigenvalue weighted by atomic mass is 16.3. The molecule has 1 saturated carbocycles. The van der Waals surface area contributed by atoms with Gasteiger partial charge in [-0.1, -0.05) is 0 Å². The first-order valence-corrected chi connectivity index (χ1v) is 6.83. The zero-order chi connectivity index (χ0) is 14.1. The van der Waals surface area contributed by atoms with Crippen LogP contribution in [0.3, 0.4) is 0 Å². The predicted octanol–water partition coefficient (Wildman–Crippen LogP) is 1.04. The molecule has 6 nitrogen and oxygen atoms in total. The lowest BCUT2D eigenvalue weighted by Crippen LogP contribution is -2.29. The van der Waals surface area contributed by atoms with Crippen LogP contribution >= 0.6 is 0 Å². The number of rotatable bonds is 3. The van der Waals surface area contributed by atoms with Gasteiger partial charge in [-0.15, -0.1) is 0 Å². The van der Waals surface area contributed by atoms with Crippen LogP contribution in [0.2, 0.25) is 0 Å². The molecule has 2 atom stereocenters. The van der Waals surface area contributed by atoms with Crippen molar-refractivity contribution in [3.63, 3.8) is 0 Å². The van der Waals surface area contributed by atoms with Crippen molar-refractivity contribution in [2.24, 2.45) is 5.92 Å². The van der Waals surface area contributed by atoms with Gasteiger partial charge in [0.25, 0.3) is 5.91 Å². The van der Waals surface area contributed by atoms with E-state index in [0.717, 1.165) is 30.2 Å². The molecule has 6 heteroatoms. The third kappa shape index (κ3) is 2.46. The lowest BCUT2D eigenvalue weighted by atomic mass is 10.1. The monoisotopic (exact) mass is 274 g/mol. The zero-order valence-corrected chi connectivity index (χ0v) is 11.1. The third-order valence-electron chi connectivity index (χ3n) is 3.87. The molecule has 1 aliphatic carbocycles. The number of carbonyl (C=O) groups excluding carboxylic acids is 1. The lowest BCUT2D eigenvalue weighted by molar-refractivity contribution is 0.0941. The van der Waals surface area contributed by atoms with Crippen molar-refractivity contribution in [2.75, 3.05) is 12.3 Å². The standard InChI is InChI=1S/C14H18N4O2/c15-9-2-4-12-11(6-9)13(18-17-12)14(20)16-7-8-1-3-10(19)5-8/h2,4,6,8,10,19H,1,3,5,7,15H2,(H,16,20)(H,17,18). The number of fused-ring (bicyclic) bond motifs is 1. The second-order valence-corrected chi connectivity index (χ2v) is 5.42. The number of hydrogen-bond acceptors (Lipinski definition) is 4. The van der Waals surface area contributed by atoms with E-state index in [-0.39, 0.29) is 12.0 Å². The fourth-order valence-electron chi connectivity index (χ4n) is 2.76. The topological polar surface area (TPSA) is 104 Å². The van der Waals surface area contributed by atoms with Gasteiger partial charge in [0.15, 0.2) is 5.69 Å². The van der Waals surface area contributed by atoms with Crippen molar-refractivity contribution < 1.29 is 9.90 Å². The number of carbonyl (C=O) groups is 1. The van der Waals surface area contributed by atoms with Crippen LogP contribution in [0.5, 0.6) is 0 Å². The molecule has 2 aromatic rings. The Morgan fingerprint density at radius 3 is 3.10 bits per heavy atom. The van der Waals surface area contributed by atoms with Gasteiger partial charge in [-0.25, -0.2) is 0 Å². The maximum absolute atomic E-state index is 12.2. The Morgan fingerprint density at radius 2 is 2.35 bits per heavy atom. The fourth-order valence-corrected chi connectivity index (χ4v) is 2.76. The van der Waals surface area contributed by atoms with Gasteiger partial charge in [0.1, 0.15) is 0 Å². The van der Waals surface area contributed by atoms with Crippen molar-refractivity contribution in [3.05, 3.63) is 23.9 Å². The van der Waals surface area contributed by atoms with Gasteiger partial charge in [0.2, 0.25) is 0 Å². The van der Waals surface area contributed by atoms with E-state index in [1.165, 1.54) is 0 Å². The van der Waals surface area contributed by atoms with Crippen molar-refractivity contribution in [3.8, 4) is 0 Å². The number of nitrogens with zero attached hydrogens (tertiary/aromatic N) is 1. The summed E-state index contributed by atoms with van der Waals surface area (Å²) in [5.41, 5.74) is 7.50. The van der Waals surface area contributed by atoms with Crippen LogP contribution in [0.15, 0.2) is 18.2 Å². The van der Waals surface area contributed by atoms with Crippen LogP contribution in [0, 0.1) is 5.92 Å². The van der Waals surface area contributed by atoms with Crippen LogP contribution in [-0.2, 0) is 0 Å². The van der Waals surface area contributed by atoms with E-state index in [1.807, 2.05) is 6.07 Å². The van der Waals surface area contributed by atoms with E-state index in [0.29, 0.717) is 23.8 Å². The molecule has 20 heavy (non-hydrogen) atoms. The van der Waals surface area contributed by atoms with E-state index in [9.17, 15) is 9.90 Å². The van der Waals surface area contributed by atoms with Crippen LogP contribution in [0.4, 0.5) is 5.69 Å². The Bertz CT molecular complexity index is 637. The number of benzene rings is 1. The normalized spacial score (nSPS) is 22.2. The Labute approximate surface area is 116 Å². The molecule has 5 N–H and O–H groups in total. The average molecular weight is 274 g/mol. The maximum atomic E-state index is 12.2. The molecule has 0 radical (unpaired) electrons. The van der Waals surface area contributed by atoms with Crippen molar-refractivity contribution in [1.29, 1.82) is 0 Å². The second kappa shape index (κ2) is 5.13. The van der Waals surface area contributed by atoms with Crippen LogP contribution in [0.1, 0.15) is 29.8 Å². The summed E-state index contributed by atoms with van der Waals surface area (Å²) in [5, 5.41) is 20.0. The molecule has 1 amide bonds. The third-order valence-corrected chi connectivity index (χ3v) is 3.87. The largest absolute Gasteiger partial charge is 0.399 e. The summed E-state index contributed by atoms with van der Waals surface area (Å²) in [6, 6.07) is 5.32. The predicted molar refractivity (Wildman–Crippen MR) is 76.2 cm³/mol. The number of amides is 1. The number of aliphatic hydroxyl groups is 1. The smallest absolute Gasteiger partial charge is 0.272 e. The molecule has 0 aliphatic heterocycles. The molecule has 106 valence electrons. The molecule has 1 aromatic carbocycles. The first-order valence-electron chi connectivity index (χ1n) is 6.83. The molecule has 3 rings (SSSR count). The summed E-state index contributed by atoms with van der Waals surface area (Å²) in [6.07, 6.45) is 2.31. The summed E-state index contributed by atoms with van der Waals surface area (Å²) in [4.78, 5) is 12.2. The van der Waals surface area contributed by atoms with Gasteiger partial charge < -0.3 is 16.2 Å². The van der Waals surface area contributed by atoms with Crippen LogP contribution in [0.25, 0.3) is 10.9 Å². The summed E-state index contributed by atoms with van der Waals surface area (Å²) in [6.45, 7) is 0.576. The summed E-state index contributed by atoms with van der Waals surface area (Å²) in [7, 11) is 0. The van der Waals surface area contributed by atoms with Gasteiger partial charge in [-0.3, -0.25) is 9.89 Å². The first-order chi connectivity index (χ1) is 9.63. The maximum Gasteiger partial charge on any atom is 0.272 e. The molecule has 0 spiro atoms. The number of aromatic nitrogens is 2. The van der Waals surface area contributed by atoms with Crippen molar-refractivity contribution >= 4 is 22.5 Å². The molecule has 1 heterocycles. The SMILES string of the molecule is Nc1ccc2[nH]nc(C(=O)NCC3CCC(O)C3)c2c1. The molecule has 1 fully saturated rings. The summed E-state index contributed by atoms with van der Waals surface area (Å²) >= 11 is 0. The van der Waals surface area contributed by atoms with E-state index in [1.54, 1.807) is 12.1 Å². The highest BCUT2D eigenvalue weighted by molar-refractivity contribution is 6.05. The van der Waals surface area contributed by atoms with Gasteiger partial charge in [-0.05, 0) is 43.4 Å². The molecule has 1 aliphatic rings. The number of nitrogens with one attached hydrogen (secondary N) is 2. The van der Waals surface area contributed by atoms with E-state index in [4.69, 9.17) is 5.73 Å². The highest BCUT2D eigenvalue weighted by Gasteiger charge is 2.23. The Balaban J connectivity index is 1.71. The van der Waals surface area contributed by atoms with E-state index >= 15 is 0 Å². The Morgan fingerprint density at radius 1 is 1.50 bits per heavy atom. The van der Waals surface area contributed by atoms with Gasteiger partial charge >= 0.3 is 0 Å². The van der Waals surface area contributed by atoms with Crippen LogP contribution in [-0.4, -0.2) is 33.9 Å². The minimum Gasteiger partial charge on any atom is -0.399 e. The molecule has 1 aromatic heterocycles. The number of aliphatic hydroxyl groups excluding tert-OH is 1. The van der Waals surface area contributed by atoms with Crippen molar-refractivity contribution in [2.45, 2.75) is 25.4 Å². The molecule has 2 unspecified atom stereocenters. The second-order valence-electron chi connectivity index (χ2n) is 5.42. The van der Waals surface area contributed by atoms with Crippen LogP contribution < -0.4 is 11.1 Å². The lowest BCUT2D eigenvalue weighted by Gasteiger charge is -2.09. The minimum atomic E-state index is -0.220. The quantitative estimate of drug-likeness (QED) is 0.628. The number of hydrogen-bond donors (Lipinski definition) is 4. The summed E-state index contributed by atoms with van der Waals surface area (Å²) < 4.78 is 0. The van der Waals surface area contributed by atoms with Gasteiger partial charge in [0.05, 0.1) is 11.6 Å². The van der Waals surface area contributed by atoms with E-state index in [2.05, 4.69) is 15.5 Å². The summed E-state index contributed by atoms with van der Waals surface area (Å²) in [5.74, 6) is 0.146. The molecular weight excluding hydrogens is 256 g/mol. The fraction of sp³-hybridized carbons (Fsp3) is 0.429. The first kappa shape index (κ1) is 12.9. The average Bonchev–Trinajstić information content (AvgIpc) is 3.02. The molecule has 0 bridgehead atoms. The minimum absolute atomic E-state index is 0.205. The van der Waals surface area contributed by atoms with Crippen molar-refractivity contribution in [1.82, 2.24) is 15.5 Å². The molecular formula is C14H18N4O2. The molecule has 0 saturated heterocycles. The number of H-pyrrole nitrogens is 1. The highest BCUT2D eigenvalue weighted by Crippen LogP contribution is 2.25. The van der Waals surface area contributed by atoms with Gasteiger partial charge in [0, 0.05) is 17.6 Å². The van der Waals surface area contributed by atoms with E-state index < -0.39 is 0 Å². The Kier molecular flexibility index (Phi) is 3.31. The number of anilines is 1. The number of nitrogen functional groups attached to an aromatic ring is 1. The van der Waals surface area contributed by atoms with Gasteiger partial charge in [-0.2, -0.15) is 5.10 Å². The number of aromatic amines is 1. The number of nitrogens with two attached hydrogens (primary N) is 1.